The number of nitriles is 1. The standard InChI is InChI=1S/C20H20BrFN4O3/c1-19(2,3)29-18(27)26-10-20(6-7-20)28-17-11(9-23)13(12-5-8-24-25(12)4)15(22)14(21)16(17)26/h5,8H,6-7,10H2,1-4H3. The van der Waals surface area contributed by atoms with Crippen molar-refractivity contribution in [1.29, 1.82) is 5.26 Å². The molecule has 1 aromatic carbocycles. The summed E-state index contributed by atoms with van der Waals surface area (Å²) < 4.78 is 28.7. The van der Waals surface area contributed by atoms with Crippen LogP contribution in [0, 0.1) is 17.1 Å². The van der Waals surface area contributed by atoms with E-state index in [0.29, 0.717) is 5.69 Å². The summed E-state index contributed by atoms with van der Waals surface area (Å²) in [7, 11) is 1.67. The van der Waals surface area contributed by atoms with E-state index in [1.54, 1.807) is 33.9 Å². The molecule has 0 bridgehead atoms. The summed E-state index contributed by atoms with van der Waals surface area (Å²) in [5, 5.41) is 14.0. The molecule has 1 aromatic heterocycles. The molecule has 7 nitrogen and oxygen atoms in total. The van der Waals surface area contributed by atoms with Crippen LogP contribution in [0.5, 0.6) is 5.75 Å². The van der Waals surface area contributed by atoms with Crippen molar-refractivity contribution in [2.45, 2.75) is 44.8 Å². The molecule has 0 radical (unpaired) electrons. The molecule has 0 atom stereocenters. The SMILES string of the molecule is Cn1nccc1-c1c(F)c(Br)c2c(c1C#N)OC1(CC1)CN2C(=O)OC(C)(C)C. The molecule has 0 N–H and O–H groups in total. The van der Waals surface area contributed by atoms with Gasteiger partial charge in [-0.05, 0) is 55.6 Å². The Morgan fingerprint density at radius 1 is 1.45 bits per heavy atom. The van der Waals surface area contributed by atoms with Gasteiger partial charge in [-0.3, -0.25) is 9.58 Å². The van der Waals surface area contributed by atoms with Gasteiger partial charge in [0.05, 0.1) is 22.3 Å². The van der Waals surface area contributed by atoms with Crippen LogP contribution in [-0.2, 0) is 11.8 Å². The fourth-order valence-corrected chi connectivity index (χ4v) is 4.04. The predicted molar refractivity (Wildman–Crippen MR) is 107 cm³/mol. The van der Waals surface area contributed by atoms with Crippen molar-refractivity contribution in [2.24, 2.45) is 7.05 Å². The number of amides is 1. The minimum atomic E-state index is -0.718. The molecule has 1 fully saturated rings. The third-order valence-electron chi connectivity index (χ3n) is 4.96. The second-order valence-corrected chi connectivity index (χ2v) is 9.15. The first-order valence-corrected chi connectivity index (χ1v) is 9.99. The molecule has 1 amide bonds. The number of hydrogen-bond donors (Lipinski definition) is 0. The quantitative estimate of drug-likeness (QED) is 0.621. The Morgan fingerprint density at radius 2 is 2.14 bits per heavy atom. The lowest BCUT2D eigenvalue weighted by atomic mass is 10.00. The molecule has 1 spiro atoms. The Morgan fingerprint density at radius 3 is 2.66 bits per heavy atom. The Hall–Kier alpha value is -2.60. The van der Waals surface area contributed by atoms with Crippen molar-refractivity contribution >= 4 is 27.7 Å². The van der Waals surface area contributed by atoms with Gasteiger partial charge >= 0.3 is 6.09 Å². The average Bonchev–Trinajstić information content (AvgIpc) is 3.24. The highest BCUT2D eigenvalue weighted by Gasteiger charge is 2.54. The van der Waals surface area contributed by atoms with Gasteiger partial charge in [-0.15, -0.1) is 0 Å². The summed E-state index contributed by atoms with van der Waals surface area (Å²) in [6, 6.07) is 3.70. The molecule has 1 aliphatic carbocycles. The van der Waals surface area contributed by atoms with Crippen molar-refractivity contribution in [3.8, 4) is 23.1 Å². The second kappa shape index (κ2) is 6.46. The highest BCUT2D eigenvalue weighted by Crippen LogP contribution is 2.54. The average molecular weight is 463 g/mol. The number of fused-ring (bicyclic) bond motifs is 1. The van der Waals surface area contributed by atoms with E-state index in [1.165, 1.54) is 15.8 Å². The molecule has 0 saturated heterocycles. The number of aromatic nitrogens is 2. The van der Waals surface area contributed by atoms with Crippen LogP contribution in [0.3, 0.4) is 0 Å². The van der Waals surface area contributed by atoms with E-state index in [4.69, 9.17) is 9.47 Å². The fraction of sp³-hybridized carbons (Fsp3) is 0.450. The van der Waals surface area contributed by atoms with Crippen LogP contribution in [0.2, 0.25) is 0 Å². The number of nitrogens with zero attached hydrogens (tertiary/aromatic N) is 4. The van der Waals surface area contributed by atoms with E-state index in [2.05, 4.69) is 27.1 Å². The number of rotatable bonds is 1. The molecular formula is C20H20BrFN4O3. The predicted octanol–water partition coefficient (Wildman–Crippen LogP) is 4.53. The molecule has 0 unspecified atom stereocenters. The van der Waals surface area contributed by atoms with Gasteiger partial charge in [0.2, 0.25) is 0 Å². The number of carbonyl (C=O) groups excluding carboxylic acids is 1. The van der Waals surface area contributed by atoms with Crippen LogP contribution in [0.25, 0.3) is 11.3 Å². The summed E-state index contributed by atoms with van der Waals surface area (Å²) >= 11 is 3.29. The number of hydrogen-bond acceptors (Lipinski definition) is 5. The smallest absolute Gasteiger partial charge is 0.415 e. The normalized spacial score (nSPS) is 16.8. The number of ether oxygens (including phenoxy) is 2. The number of halogens is 2. The van der Waals surface area contributed by atoms with E-state index in [0.717, 1.165) is 12.8 Å². The molecule has 2 heterocycles. The Balaban J connectivity index is 1.95. The monoisotopic (exact) mass is 462 g/mol. The fourth-order valence-electron chi connectivity index (χ4n) is 3.45. The molecular weight excluding hydrogens is 443 g/mol. The highest BCUT2D eigenvalue weighted by atomic mass is 79.9. The summed E-state index contributed by atoms with van der Waals surface area (Å²) in [6.07, 6.45) is 2.41. The summed E-state index contributed by atoms with van der Waals surface area (Å²) in [6.45, 7) is 5.53. The number of benzene rings is 1. The summed E-state index contributed by atoms with van der Waals surface area (Å²) in [4.78, 5) is 14.3. The van der Waals surface area contributed by atoms with Crippen molar-refractivity contribution in [1.82, 2.24) is 9.78 Å². The maximum Gasteiger partial charge on any atom is 0.415 e. The van der Waals surface area contributed by atoms with Crippen LogP contribution in [0.4, 0.5) is 14.9 Å². The van der Waals surface area contributed by atoms with Crippen LogP contribution >= 0.6 is 15.9 Å². The second-order valence-electron chi connectivity index (χ2n) is 8.36. The van der Waals surface area contributed by atoms with Crippen molar-refractivity contribution in [2.75, 3.05) is 11.4 Å². The molecule has 2 aliphatic rings. The largest absolute Gasteiger partial charge is 0.482 e. The van der Waals surface area contributed by atoms with Gasteiger partial charge in [0.25, 0.3) is 0 Å². The maximum absolute atomic E-state index is 15.5. The summed E-state index contributed by atoms with van der Waals surface area (Å²) in [5.41, 5.74) is -0.563. The van der Waals surface area contributed by atoms with E-state index < -0.39 is 23.1 Å². The number of aryl methyl sites for hydroxylation is 1. The lowest BCUT2D eigenvalue weighted by Crippen LogP contribution is -2.47. The highest BCUT2D eigenvalue weighted by molar-refractivity contribution is 9.10. The van der Waals surface area contributed by atoms with Gasteiger partial charge in [-0.25, -0.2) is 9.18 Å². The van der Waals surface area contributed by atoms with Gasteiger partial charge in [0.1, 0.15) is 34.3 Å². The van der Waals surface area contributed by atoms with E-state index >= 15 is 4.39 Å². The van der Waals surface area contributed by atoms with E-state index in [9.17, 15) is 10.1 Å². The van der Waals surface area contributed by atoms with Gasteiger partial charge in [0.15, 0.2) is 5.75 Å². The third-order valence-corrected chi connectivity index (χ3v) is 5.68. The topological polar surface area (TPSA) is 80.4 Å². The maximum atomic E-state index is 15.5. The van der Waals surface area contributed by atoms with E-state index in [1.807, 2.05) is 0 Å². The molecule has 1 saturated carbocycles. The lowest BCUT2D eigenvalue weighted by Gasteiger charge is -2.37. The zero-order valence-electron chi connectivity index (χ0n) is 16.5. The zero-order valence-corrected chi connectivity index (χ0v) is 18.1. The van der Waals surface area contributed by atoms with E-state index in [-0.39, 0.29) is 33.6 Å². The van der Waals surface area contributed by atoms with Crippen molar-refractivity contribution in [3.63, 3.8) is 0 Å². The molecule has 4 rings (SSSR count). The van der Waals surface area contributed by atoms with Crippen molar-refractivity contribution < 1.29 is 18.7 Å². The zero-order chi connectivity index (χ0) is 21.1. The molecule has 1 aliphatic heterocycles. The number of anilines is 1. The first kappa shape index (κ1) is 19.7. The van der Waals surface area contributed by atoms with Gasteiger partial charge in [0, 0.05) is 13.2 Å². The first-order chi connectivity index (χ1) is 13.6. The van der Waals surface area contributed by atoms with Crippen LogP contribution < -0.4 is 9.64 Å². The molecule has 2 aromatic rings. The Labute approximate surface area is 176 Å². The Kier molecular flexibility index (Phi) is 4.39. The van der Waals surface area contributed by atoms with Gasteiger partial charge < -0.3 is 9.47 Å². The molecule has 29 heavy (non-hydrogen) atoms. The minimum absolute atomic E-state index is 0.0313. The van der Waals surface area contributed by atoms with Crippen LogP contribution in [0.15, 0.2) is 16.7 Å². The molecule has 152 valence electrons. The number of carbonyl (C=O) groups is 1. The first-order valence-electron chi connectivity index (χ1n) is 9.20. The summed E-state index contributed by atoms with van der Waals surface area (Å²) in [5.74, 6) is -0.473. The molecule has 9 heteroatoms. The van der Waals surface area contributed by atoms with Crippen LogP contribution in [-0.4, -0.2) is 33.6 Å². The third kappa shape index (κ3) is 3.25. The van der Waals surface area contributed by atoms with Gasteiger partial charge in [-0.1, -0.05) is 0 Å². The lowest BCUT2D eigenvalue weighted by molar-refractivity contribution is 0.0536. The van der Waals surface area contributed by atoms with Crippen molar-refractivity contribution in [3.05, 3.63) is 28.1 Å². The van der Waals surface area contributed by atoms with Gasteiger partial charge in [-0.2, -0.15) is 10.4 Å². The Bertz CT molecular complexity index is 1060. The van der Waals surface area contributed by atoms with Crippen LogP contribution in [0.1, 0.15) is 39.2 Å². The minimum Gasteiger partial charge on any atom is -0.482 e.